The van der Waals surface area contributed by atoms with Crippen molar-refractivity contribution in [3.05, 3.63) is 41.2 Å². The van der Waals surface area contributed by atoms with Gasteiger partial charge in [-0.1, -0.05) is 17.1 Å². The van der Waals surface area contributed by atoms with Crippen molar-refractivity contribution in [2.75, 3.05) is 6.61 Å². The zero-order chi connectivity index (χ0) is 13.5. The van der Waals surface area contributed by atoms with Gasteiger partial charge in [-0.25, -0.2) is 4.98 Å². The van der Waals surface area contributed by atoms with Crippen molar-refractivity contribution in [3.63, 3.8) is 0 Å². The van der Waals surface area contributed by atoms with Crippen LogP contribution in [0.4, 0.5) is 0 Å². The average molecular weight is 254 g/mol. The van der Waals surface area contributed by atoms with Crippen LogP contribution in [-0.4, -0.2) is 17.3 Å². The van der Waals surface area contributed by atoms with Crippen molar-refractivity contribution in [2.24, 2.45) is 5.16 Å². The molecule has 3 nitrogen and oxygen atoms in total. The molecule has 0 saturated heterocycles. The SMILES string of the molecule is CCON=C1C=C(C#Cc2cccc(C)n2)CCC1. The minimum absolute atomic E-state index is 0.603. The van der Waals surface area contributed by atoms with Gasteiger partial charge in [0.2, 0.25) is 0 Å². The summed E-state index contributed by atoms with van der Waals surface area (Å²) in [6.07, 6.45) is 5.08. The fourth-order valence-corrected chi connectivity index (χ4v) is 1.88. The fourth-order valence-electron chi connectivity index (χ4n) is 1.88. The molecule has 0 amide bonds. The van der Waals surface area contributed by atoms with Crippen molar-refractivity contribution in [3.8, 4) is 11.8 Å². The lowest BCUT2D eigenvalue weighted by Gasteiger charge is -2.09. The first-order valence-electron chi connectivity index (χ1n) is 6.63. The molecule has 0 aliphatic heterocycles. The Morgan fingerprint density at radius 1 is 1.32 bits per heavy atom. The van der Waals surface area contributed by atoms with E-state index in [-0.39, 0.29) is 0 Å². The summed E-state index contributed by atoms with van der Waals surface area (Å²) in [7, 11) is 0. The van der Waals surface area contributed by atoms with Gasteiger partial charge in [-0.05, 0) is 57.2 Å². The Kier molecular flexibility index (Phi) is 4.74. The maximum absolute atomic E-state index is 5.08. The largest absolute Gasteiger partial charge is 0.396 e. The van der Waals surface area contributed by atoms with Gasteiger partial charge in [-0.3, -0.25) is 0 Å². The number of oxime groups is 1. The Bertz CT molecular complexity index is 562. The van der Waals surface area contributed by atoms with Crippen LogP contribution in [0.15, 0.2) is 35.0 Å². The number of pyridine rings is 1. The third kappa shape index (κ3) is 4.26. The molecule has 98 valence electrons. The summed E-state index contributed by atoms with van der Waals surface area (Å²) in [5, 5.41) is 4.08. The van der Waals surface area contributed by atoms with Crippen LogP contribution in [0, 0.1) is 18.8 Å². The Morgan fingerprint density at radius 2 is 2.21 bits per heavy atom. The lowest BCUT2D eigenvalue weighted by atomic mass is 9.98. The summed E-state index contributed by atoms with van der Waals surface area (Å²) in [5.74, 6) is 6.29. The van der Waals surface area contributed by atoms with Crippen LogP contribution >= 0.6 is 0 Å². The highest BCUT2D eigenvalue weighted by Crippen LogP contribution is 2.15. The Hall–Kier alpha value is -2.08. The molecule has 1 aromatic heterocycles. The molecule has 1 aliphatic carbocycles. The molecule has 2 rings (SSSR count). The molecule has 0 saturated carbocycles. The molecular formula is C16H18N2O. The summed E-state index contributed by atoms with van der Waals surface area (Å²) < 4.78 is 0. The number of hydrogen-bond acceptors (Lipinski definition) is 3. The van der Waals surface area contributed by atoms with E-state index in [4.69, 9.17) is 4.84 Å². The molecule has 1 aromatic rings. The van der Waals surface area contributed by atoms with Crippen LogP contribution < -0.4 is 0 Å². The molecule has 0 bridgehead atoms. The Morgan fingerprint density at radius 3 is 3.00 bits per heavy atom. The summed E-state index contributed by atoms with van der Waals surface area (Å²) in [4.78, 5) is 9.45. The van der Waals surface area contributed by atoms with Crippen molar-refractivity contribution >= 4 is 5.71 Å². The molecule has 0 spiro atoms. The van der Waals surface area contributed by atoms with Gasteiger partial charge in [0.05, 0.1) is 5.71 Å². The van der Waals surface area contributed by atoms with Crippen molar-refractivity contribution in [2.45, 2.75) is 33.1 Å². The topological polar surface area (TPSA) is 34.5 Å². The van der Waals surface area contributed by atoms with E-state index in [1.54, 1.807) is 0 Å². The molecule has 0 aromatic carbocycles. The van der Waals surface area contributed by atoms with Crippen molar-refractivity contribution in [1.82, 2.24) is 4.98 Å². The minimum Gasteiger partial charge on any atom is -0.396 e. The predicted molar refractivity (Wildman–Crippen MR) is 76.8 cm³/mol. The smallest absolute Gasteiger partial charge is 0.114 e. The molecule has 19 heavy (non-hydrogen) atoms. The first-order valence-corrected chi connectivity index (χ1v) is 6.63. The summed E-state index contributed by atoms with van der Waals surface area (Å²) in [6.45, 7) is 4.50. The Labute approximate surface area is 114 Å². The molecule has 0 radical (unpaired) electrons. The van der Waals surface area contributed by atoms with Gasteiger partial charge < -0.3 is 4.84 Å². The van der Waals surface area contributed by atoms with Gasteiger partial charge in [-0.2, -0.15) is 0 Å². The summed E-state index contributed by atoms with van der Waals surface area (Å²) >= 11 is 0. The van der Waals surface area contributed by atoms with E-state index in [9.17, 15) is 0 Å². The molecular weight excluding hydrogens is 236 g/mol. The second-order valence-electron chi connectivity index (χ2n) is 4.44. The maximum atomic E-state index is 5.08. The number of aryl methyl sites for hydroxylation is 1. The maximum Gasteiger partial charge on any atom is 0.114 e. The molecule has 0 N–H and O–H groups in total. The van der Waals surface area contributed by atoms with E-state index in [0.717, 1.165) is 41.9 Å². The summed E-state index contributed by atoms with van der Waals surface area (Å²) in [6, 6.07) is 5.88. The van der Waals surface area contributed by atoms with Gasteiger partial charge in [0.15, 0.2) is 0 Å². The highest BCUT2D eigenvalue weighted by atomic mass is 16.6. The third-order valence-electron chi connectivity index (χ3n) is 2.77. The lowest BCUT2D eigenvalue weighted by molar-refractivity contribution is 0.158. The highest BCUT2D eigenvalue weighted by molar-refractivity contribution is 5.96. The first-order chi connectivity index (χ1) is 9.28. The van der Waals surface area contributed by atoms with E-state index in [2.05, 4.69) is 22.0 Å². The van der Waals surface area contributed by atoms with Crippen LogP contribution in [0.25, 0.3) is 0 Å². The predicted octanol–water partition coefficient (Wildman–Crippen LogP) is 3.24. The van der Waals surface area contributed by atoms with Crippen molar-refractivity contribution in [1.29, 1.82) is 0 Å². The van der Waals surface area contributed by atoms with Crippen LogP contribution in [0.2, 0.25) is 0 Å². The second-order valence-corrected chi connectivity index (χ2v) is 4.44. The molecule has 0 unspecified atom stereocenters. The van der Waals surface area contributed by atoms with Gasteiger partial charge in [0, 0.05) is 11.3 Å². The quantitative estimate of drug-likeness (QED) is 0.600. The van der Waals surface area contributed by atoms with Crippen molar-refractivity contribution < 1.29 is 4.84 Å². The van der Waals surface area contributed by atoms with Gasteiger partial charge in [0.25, 0.3) is 0 Å². The number of hydrogen-bond donors (Lipinski definition) is 0. The molecule has 0 atom stereocenters. The standard InChI is InChI=1S/C16H18N2O/c1-3-19-18-16-9-5-7-14(12-16)10-11-15-8-4-6-13(2)17-15/h4,6,8,12H,3,5,7,9H2,1-2H3. The van der Waals surface area contributed by atoms with E-state index < -0.39 is 0 Å². The van der Waals surface area contributed by atoms with Crippen LogP contribution in [0.1, 0.15) is 37.6 Å². The Balaban J connectivity index is 2.12. The number of nitrogens with zero attached hydrogens (tertiary/aromatic N) is 2. The van der Waals surface area contributed by atoms with E-state index in [1.807, 2.05) is 38.1 Å². The number of aromatic nitrogens is 1. The van der Waals surface area contributed by atoms with E-state index >= 15 is 0 Å². The van der Waals surface area contributed by atoms with Gasteiger partial charge in [-0.15, -0.1) is 0 Å². The zero-order valence-electron chi connectivity index (χ0n) is 11.4. The summed E-state index contributed by atoms with van der Waals surface area (Å²) in [5.41, 5.74) is 3.89. The van der Waals surface area contributed by atoms with Gasteiger partial charge >= 0.3 is 0 Å². The fraction of sp³-hybridized carbons (Fsp3) is 0.375. The van der Waals surface area contributed by atoms with Gasteiger partial charge in [0.1, 0.15) is 12.3 Å². The monoisotopic (exact) mass is 254 g/mol. The van der Waals surface area contributed by atoms with E-state index in [0.29, 0.717) is 6.61 Å². The van der Waals surface area contributed by atoms with Crippen LogP contribution in [0.5, 0.6) is 0 Å². The first kappa shape index (κ1) is 13.4. The molecule has 3 heteroatoms. The molecule has 1 heterocycles. The number of allylic oxidation sites excluding steroid dienone is 2. The van der Waals surface area contributed by atoms with Crippen LogP contribution in [0.3, 0.4) is 0 Å². The minimum atomic E-state index is 0.603. The van der Waals surface area contributed by atoms with E-state index in [1.165, 1.54) is 0 Å². The highest BCUT2D eigenvalue weighted by Gasteiger charge is 2.07. The third-order valence-corrected chi connectivity index (χ3v) is 2.77. The molecule has 0 fully saturated rings. The second kappa shape index (κ2) is 6.75. The number of rotatable bonds is 2. The lowest BCUT2D eigenvalue weighted by Crippen LogP contribution is -2.03. The van der Waals surface area contributed by atoms with Crippen LogP contribution in [-0.2, 0) is 4.84 Å². The normalized spacial score (nSPS) is 16.5. The molecule has 1 aliphatic rings. The average Bonchev–Trinajstić information content (AvgIpc) is 2.43. The zero-order valence-corrected chi connectivity index (χ0v) is 11.4.